The summed E-state index contributed by atoms with van der Waals surface area (Å²) in [6, 6.07) is 7.23. The number of esters is 1. The maximum absolute atomic E-state index is 11.8. The summed E-state index contributed by atoms with van der Waals surface area (Å²) in [5.41, 5.74) is 0.694. The molecule has 18 heavy (non-hydrogen) atoms. The Bertz CT molecular complexity index is 477. The van der Waals surface area contributed by atoms with Gasteiger partial charge >= 0.3 is 5.97 Å². The Hall–Kier alpha value is -1.53. The van der Waals surface area contributed by atoms with E-state index in [4.69, 9.17) is 4.74 Å². The number of aliphatic hydroxyl groups is 1. The van der Waals surface area contributed by atoms with E-state index >= 15 is 0 Å². The first-order valence-electron chi connectivity index (χ1n) is 5.54. The van der Waals surface area contributed by atoms with Gasteiger partial charge in [-0.15, -0.1) is 11.8 Å². The van der Waals surface area contributed by atoms with E-state index in [0.717, 1.165) is 16.7 Å². The van der Waals surface area contributed by atoms with Crippen molar-refractivity contribution in [3.63, 3.8) is 0 Å². The van der Waals surface area contributed by atoms with Gasteiger partial charge in [-0.3, -0.25) is 4.79 Å². The number of thioether (sulfide) groups is 1. The van der Waals surface area contributed by atoms with Crippen molar-refractivity contribution in [3.05, 3.63) is 24.3 Å². The monoisotopic (exact) mass is 267 g/mol. The van der Waals surface area contributed by atoms with Crippen LogP contribution in [0, 0.1) is 0 Å². The fraction of sp³-hybridized carbons (Fsp3) is 0.333. The zero-order chi connectivity index (χ0) is 13.1. The van der Waals surface area contributed by atoms with Crippen LogP contribution in [0.5, 0.6) is 0 Å². The fourth-order valence-electron chi connectivity index (χ4n) is 1.63. The Kier molecular flexibility index (Phi) is 3.88. The molecule has 0 radical (unpaired) electrons. The average Bonchev–Trinajstić information content (AvgIpc) is 2.37. The molecule has 2 atom stereocenters. The number of carbonyl (C=O) groups is 2. The van der Waals surface area contributed by atoms with Crippen LogP contribution in [0.2, 0.25) is 0 Å². The number of carbonyl (C=O) groups excluding carboxylic acids is 2. The molecule has 96 valence electrons. The molecule has 0 spiro atoms. The minimum Gasteiger partial charge on any atom is -0.464 e. The molecule has 2 rings (SSSR count). The van der Waals surface area contributed by atoms with Gasteiger partial charge in [0.15, 0.2) is 6.10 Å². The molecule has 1 heterocycles. The van der Waals surface area contributed by atoms with E-state index < -0.39 is 17.3 Å². The van der Waals surface area contributed by atoms with Gasteiger partial charge in [0, 0.05) is 4.90 Å². The molecule has 6 heteroatoms. The Morgan fingerprint density at radius 2 is 2.28 bits per heavy atom. The molecule has 0 fully saturated rings. The minimum atomic E-state index is -1.46. The van der Waals surface area contributed by atoms with Gasteiger partial charge in [-0.25, -0.2) is 4.79 Å². The highest BCUT2D eigenvalue weighted by molar-refractivity contribution is 8.01. The van der Waals surface area contributed by atoms with E-state index in [1.165, 1.54) is 0 Å². The molecule has 0 bridgehead atoms. The Morgan fingerprint density at radius 3 is 3.00 bits per heavy atom. The molecule has 2 N–H and O–H groups in total. The highest BCUT2D eigenvalue weighted by Crippen LogP contribution is 2.36. The number of ether oxygens (including phenoxy) is 1. The second-order valence-corrected chi connectivity index (χ2v) is 4.90. The molecular formula is C12H13NO4S. The van der Waals surface area contributed by atoms with Crippen LogP contribution in [0.3, 0.4) is 0 Å². The topological polar surface area (TPSA) is 75.6 Å². The van der Waals surface area contributed by atoms with Crippen molar-refractivity contribution in [1.82, 2.24) is 0 Å². The molecular weight excluding hydrogens is 254 g/mol. The number of aliphatic hydroxyl groups excluding tert-OH is 1. The zero-order valence-electron chi connectivity index (χ0n) is 9.75. The molecule has 1 aromatic carbocycles. The van der Waals surface area contributed by atoms with Gasteiger partial charge in [0.25, 0.3) is 0 Å². The van der Waals surface area contributed by atoms with Gasteiger partial charge < -0.3 is 15.2 Å². The lowest BCUT2D eigenvalue weighted by Crippen LogP contribution is -2.43. The van der Waals surface area contributed by atoms with Crippen LogP contribution in [0.4, 0.5) is 5.69 Å². The zero-order valence-corrected chi connectivity index (χ0v) is 10.6. The Labute approximate surface area is 109 Å². The van der Waals surface area contributed by atoms with Crippen LogP contribution >= 0.6 is 11.8 Å². The van der Waals surface area contributed by atoms with E-state index in [9.17, 15) is 14.7 Å². The summed E-state index contributed by atoms with van der Waals surface area (Å²) in [5.74, 6) is -1.16. The van der Waals surface area contributed by atoms with Crippen molar-refractivity contribution in [2.75, 3.05) is 11.9 Å². The van der Waals surface area contributed by atoms with Gasteiger partial charge in [-0.2, -0.15) is 0 Å². The lowest BCUT2D eigenvalue weighted by molar-refractivity contribution is -0.154. The molecule has 5 nitrogen and oxygen atoms in total. The van der Waals surface area contributed by atoms with Crippen molar-refractivity contribution in [2.45, 2.75) is 23.2 Å². The third-order valence-electron chi connectivity index (χ3n) is 2.47. The first-order valence-corrected chi connectivity index (χ1v) is 6.42. The second kappa shape index (κ2) is 5.41. The van der Waals surface area contributed by atoms with Crippen LogP contribution in [0.15, 0.2) is 29.2 Å². The third-order valence-corrected chi connectivity index (χ3v) is 3.81. The van der Waals surface area contributed by atoms with Crippen molar-refractivity contribution >= 4 is 29.3 Å². The molecule has 0 aliphatic carbocycles. The molecule has 1 aliphatic heterocycles. The lowest BCUT2D eigenvalue weighted by atomic mass is 10.2. The predicted molar refractivity (Wildman–Crippen MR) is 67.4 cm³/mol. The molecule has 0 saturated carbocycles. The highest BCUT2D eigenvalue weighted by Gasteiger charge is 2.37. The van der Waals surface area contributed by atoms with Gasteiger partial charge in [-0.1, -0.05) is 12.1 Å². The summed E-state index contributed by atoms with van der Waals surface area (Å²) in [6.07, 6.45) is -1.46. The van der Waals surface area contributed by atoms with Crippen LogP contribution in [-0.4, -0.2) is 34.9 Å². The normalized spacial score (nSPS) is 19.7. The first kappa shape index (κ1) is 12.9. The summed E-state index contributed by atoms with van der Waals surface area (Å²) < 4.78 is 4.71. The average molecular weight is 267 g/mol. The fourth-order valence-corrected chi connectivity index (χ4v) is 2.71. The maximum Gasteiger partial charge on any atom is 0.336 e. The molecule has 2 unspecified atom stereocenters. The summed E-state index contributed by atoms with van der Waals surface area (Å²) in [7, 11) is 0. The smallest absolute Gasteiger partial charge is 0.336 e. The minimum absolute atomic E-state index is 0.172. The number of benzene rings is 1. The highest BCUT2D eigenvalue weighted by atomic mass is 32.2. The van der Waals surface area contributed by atoms with E-state index in [-0.39, 0.29) is 12.5 Å². The Balaban J connectivity index is 2.17. The lowest BCUT2D eigenvalue weighted by Gasteiger charge is -2.26. The predicted octanol–water partition coefficient (Wildman–Crippen LogP) is 1.02. The van der Waals surface area contributed by atoms with E-state index in [2.05, 4.69) is 5.32 Å². The van der Waals surface area contributed by atoms with Crippen molar-refractivity contribution in [3.8, 4) is 0 Å². The van der Waals surface area contributed by atoms with E-state index in [1.54, 1.807) is 13.0 Å². The number of para-hydroxylation sites is 1. The van der Waals surface area contributed by atoms with Crippen molar-refractivity contribution in [2.24, 2.45) is 0 Å². The number of hydrogen-bond donors (Lipinski definition) is 2. The standard InChI is InChI=1S/C12H13NO4S/c1-2-17-12(16)9(14)10-11(15)13-7-5-3-4-6-8(7)18-10/h3-6,9-10,14H,2H2,1H3,(H,13,15). The summed E-state index contributed by atoms with van der Waals surface area (Å²) >= 11 is 1.16. The van der Waals surface area contributed by atoms with E-state index in [1.807, 2.05) is 18.2 Å². The molecule has 1 amide bonds. The van der Waals surface area contributed by atoms with E-state index in [0.29, 0.717) is 5.69 Å². The van der Waals surface area contributed by atoms with Gasteiger partial charge in [0.2, 0.25) is 5.91 Å². The summed E-state index contributed by atoms with van der Waals surface area (Å²) in [4.78, 5) is 24.1. The molecule has 1 aliphatic rings. The quantitative estimate of drug-likeness (QED) is 0.800. The number of amides is 1. The van der Waals surface area contributed by atoms with Gasteiger partial charge in [-0.05, 0) is 19.1 Å². The molecule has 0 saturated heterocycles. The number of hydrogen-bond acceptors (Lipinski definition) is 5. The summed E-state index contributed by atoms with van der Waals surface area (Å²) in [5, 5.41) is 11.6. The Morgan fingerprint density at radius 1 is 1.56 bits per heavy atom. The molecule has 0 aromatic heterocycles. The van der Waals surface area contributed by atoms with Crippen LogP contribution in [0.25, 0.3) is 0 Å². The SMILES string of the molecule is CCOC(=O)C(O)C1Sc2ccccc2NC1=O. The third kappa shape index (κ3) is 2.49. The largest absolute Gasteiger partial charge is 0.464 e. The first-order chi connectivity index (χ1) is 8.63. The van der Waals surface area contributed by atoms with Crippen molar-refractivity contribution < 1.29 is 19.4 Å². The van der Waals surface area contributed by atoms with Crippen LogP contribution < -0.4 is 5.32 Å². The van der Waals surface area contributed by atoms with Crippen LogP contribution in [-0.2, 0) is 14.3 Å². The van der Waals surface area contributed by atoms with Gasteiger partial charge in [0.05, 0.1) is 12.3 Å². The summed E-state index contributed by atoms with van der Waals surface area (Å²) in [6.45, 7) is 1.82. The number of nitrogens with one attached hydrogen (secondary N) is 1. The number of rotatable bonds is 3. The number of fused-ring (bicyclic) bond motifs is 1. The number of anilines is 1. The van der Waals surface area contributed by atoms with Crippen molar-refractivity contribution in [1.29, 1.82) is 0 Å². The van der Waals surface area contributed by atoms with Crippen LogP contribution in [0.1, 0.15) is 6.92 Å². The maximum atomic E-state index is 11.8. The second-order valence-electron chi connectivity index (χ2n) is 3.72. The van der Waals surface area contributed by atoms with Gasteiger partial charge in [0.1, 0.15) is 5.25 Å². The molecule has 1 aromatic rings.